The summed E-state index contributed by atoms with van der Waals surface area (Å²) in [5.41, 5.74) is 7.33. The average Bonchev–Trinajstić information content (AvgIpc) is 3.04. The first-order chi connectivity index (χ1) is 13.4. The fraction of sp³-hybridized carbons (Fsp3) is 0.550. The van der Waals surface area contributed by atoms with E-state index in [-0.39, 0.29) is 24.6 Å². The molecule has 1 aromatic carbocycles. The number of nitrogens with two attached hydrogens (primary N) is 1. The molecular weight excluding hydrogens is 360 g/mol. The topological polar surface area (TPSA) is 96.2 Å². The summed E-state index contributed by atoms with van der Waals surface area (Å²) in [6.45, 7) is 2.06. The normalized spacial score (nSPS) is 21.2. The van der Waals surface area contributed by atoms with E-state index >= 15 is 0 Å². The Balaban J connectivity index is 1.72. The summed E-state index contributed by atoms with van der Waals surface area (Å²) in [5, 5.41) is 0. The number of benzene rings is 1. The molecule has 2 aliphatic rings. The summed E-state index contributed by atoms with van der Waals surface area (Å²) in [6.07, 6.45) is 2.57. The smallest absolute Gasteiger partial charge is 0.325 e. The molecule has 8 nitrogen and oxygen atoms in total. The number of hydrogen-bond donors (Lipinski definition) is 1. The fourth-order valence-corrected chi connectivity index (χ4v) is 3.93. The van der Waals surface area contributed by atoms with Crippen LogP contribution in [-0.4, -0.2) is 73.6 Å². The standard InChI is InChI=1S/C20H28N4O4/c1-22-11-9-16(10-12-22)24-17(19(21)26)13-23(20(24)27)15-6-3-14(4-7-15)5-8-18(25)28-2/h3-4,6-7,16-17H,5,8-13H2,1-2H3,(H2,21,26). The van der Waals surface area contributed by atoms with E-state index in [2.05, 4.69) is 16.7 Å². The van der Waals surface area contributed by atoms with Gasteiger partial charge in [-0.1, -0.05) is 12.1 Å². The van der Waals surface area contributed by atoms with Gasteiger partial charge in [-0.3, -0.25) is 14.5 Å². The molecule has 2 fully saturated rings. The first-order valence-corrected chi connectivity index (χ1v) is 9.64. The summed E-state index contributed by atoms with van der Waals surface area (Å²) in [7, 11) is 3.43. The zero-order valence-electron chi connectivity index (χ0n) is 16.5. The van der Waals surface area contributed by atoms with E-state index in [4.69, 9.17) is 5.73 Å². The van der Waals surface area contributed by atoms with Crippen LogP contribution in [0.15, 0.2) is 24.3 Å². The predicted molar refractivity (Wildman–Crippen MR) is 105 cm³/mol. The number of primary amides is 1. The minimum Gasteiger partial charge on any atom is -0.469 e. The van der Waals surface area contributed by atoms with Gasteiger partial charge in [0.05, 0.1) is 13.7 Å². The molecule has 0 bridgehead atoms. The van der Waals surface area contributed by atoms with Crippen molar-refractivity contribution in [2.24, 2.45) is 5.73 Å². The van der Waals surface area contributed by atoms with Gasteiger partial charge in [0.25, 0.3) is 0 Å². The maximum Gasteiger partial charge on any atom is 0.325 e. The SMILES string of the molecule is COC(=O)CCc1ccc(N2CC(C(N)=O)N(C3CCN(C)CC3)C2=O)cc1. The third kappa shape index (κ3) is 4.27. The number of carbonyl (C=O) groups is 3. The summed E-state index contributed by atoms with van der Waals surface area (Å²) in [5.74, 6) is -0.721. The van der Waals surface area contributed by atoms with Gasteiger partial charge in [-0.2, -0.15) is 0 Å². The molecule has 2 saturated heterocycles. The number of urea groups is 1. The number of rotatable bonds is 6. The number of carbonyl (C=O) groups excluding carboxylic acids is 3. The molecule has 28 heavy (non-hydrogen) atoms. The molecule has 152 valence electrons. The molecule has 0 spiro atoms. The summed E-state index contributed by atoms with van der Waals surface area (Å²) in [6, 6.07) is 6.74. The fourth-order valence-electron chi connectivity index (χ4n) is 3.93. The second-order valence-electron chi connectivity index (χ2n) is 7.50. The van der Waals surface area contributed by atoms with E-state index in [9.17, 15) is 14.4 Å². The van der Waals surface area contributed by atoms with Gasteiger partial charge in [-0.05, 0) is 57.1 Å². The molecule has 0 saturated carbocycles. The molecule has 2 N–H and O–H groups in total. The lowest BCUT2D eigenvalue weighted by Crippen LogP contribution is -2.52. The van der Waals surface area contributed by atoms with Crippen LogP contribution in [0.3, 0.4) is 0 Å². The lowest BCUT2D eigenvalue weighted by atomic mass is 10.0. The highest BCUT2D eigenvalue weighted by molar-refractivity contribution is 6.00. The molecular formula is C20H28N4O4. The number of aryl methyl sites for hydroxylation is 1. The van der Waals surface area contributed by atoms with Crippen molar-refractivity contribution in [1.29, 1.82) is 0 Å². The van der Waals surface area contributed by atoms with Gasteiger partial charge in [0.1, 0.15) is 6.04 Å². The van der Waals surface area contributed by atoms with Crippen molar-refractivity contribution in [3.8, 4) is 0 Å². The summed E-state index contributed by atoms with van der Waals surface area (Å²) >= 11 is 0. The molecule has 0 radical (unpaired) electrons. The van der Waals surface area contributed by atoms with Gasteiger partial charge < -0.3 is 20.3 Å². The minimum absolute atomic E-state index is 0.0329. The molecule has 2 heterocycles. The zero-order valence-corrected chi connectivity index (χ0v) is 16.5. The maximum absolute atomic E-state index is 13.1. The Morgan fingerprint density at radius 1 is 1.18 bits per heavy atom. The van der Waals surface area contributed by atoms with Crippen molar-refractivity contribution in [1.82, 2.24) is 9.80 Å². The number of piperidine rings is 1. The van der Waals surface area contributed by atoms with E-state index in [1.807, 2.05) is 24.3 Å². The Labute approximate surface area is 165 Å². The lowest BCUT2D eigenvalue weighted by molar-refractivity contribution is -0.140. The van der Waals surface area contributed by atoms with Crippen LogP contribution >= 0.6 is 0 Å². The van der Waals surface area contributed by atoms with Crippen LogP contribution in [0.25, 0.3) is 0 Å². The van der Waals surface area contributed by atoms with E-state index in [0.29, 0.717) is 12.8 Å². The van der Waals surface area contributed by atoms with Gasteiger partial charge >= 0.3 is 12.0 Å². The summed E-state index contributed by atoms with van der Waals surface area (Å²) in [4.78, 5) is 41.9. The number of likely N-dealkylation sites (tertiary alicyclic amines) is 1. The largest absolute Gasteiger partial charge is 0.469 e. The Hall–Kier alpha value is -2.61. The van der Waals surface area contributed by atoms with Crippen molar-refractivity contribution in [2.75, 3.05) is 38.7 Å². The minimum atomic E-state index is -0.611. The van der Waals surface area contributed by atoms with Crippen LogP contribution < -0.4 is 10.6 Å². The molecule has 3 amide bonds. The third-order valence-electron chi connectivity index (χ3n) is 5.65. The highest BCUT2D eigenvalue weighted by atomic mass is 16.5. The van der Waals surface area contributed by atoms with Crippen LogP contribution in [0.4, 0.5) is 10.5 Å². The Morgan fingerprint density at radius 3 is 2.39 bits per heavy atom. The van der Waals surface area contributed by atoms with E-state index in [1.54, 1.807) is 9.80 Å². The van der Waals surface area contributed by atoms with Crippen molar-refractivity contribution in [2.45, 2.75) is 37.8 Å². The van der Waals surface area contributed by atoms with Crippen molar-refractivity contribution in [3.63, 3.8) is 0 Å². The van der Waals surface area contributed by atoms with Crippen LogP contribution in [0.1, 0.15) is 24.8 Å². The molecule has 0 aliphatic carbocycles. The number of nitrogens with zero attached hydrogens (tertiary/aromatic N) is 3. The predicted octanol–water partition coefficient (Wildman–Crippen LogP) is 0.982. The van der Waals surface area contributed by atoms with Crippen molar-refractivity contribution in [3.05, 3.63) is 29.8 Å². The van der Waals surface area contributed by atoms with Crippen molar-refractivity contribution >= 4 is 23.6 Å². The highest BCUT2D eigenvalue weighted by Crippen LogP contribution is 2.29. The zero-order chi connectivity index (χ0) is 20.3. The molecule has 2 aliphatic heterocycles. The molecule has 1 atom stereocenters. The lowest BCUT2D eigenvalue weighted by Gasteiger charge is -2.36. The second kappa shape index (κ2) is 8.60. The van der Waals surface area contributed by atoms with E-state index in [0.717, 1.165) is 37.2 Å². The van der Waals surface area contributed by atoms with Gasteiger partial charge in [-0.25, -0.2) is 4.79 Å². The molecule has 8 heteroatoms. The van der Waals surface area contributed by atoms with Crippen LogP contribution in [0, 0.1) is 0 Å². The van der Waals surface area contributed by atoms with E-state index in [1.165, 1.54) is 7.11 Å². The van der Waals surface area contributed by atoms with Crippen molar-refractivity contribution < 1.29 is 19.1 Å². The van der Waals surface area contributed by atoms with Crippen LogP contribution in [0.2, 0.25) is 0 Å². The van der Waals surface area contributed by atoms with Gasteiger partial charge in [-0.15, -0.1) is 0 Å². The van der Waals surface area contributed by atoms with Crippen LogP contribution in [0.5, 0.6) is 0 Å². The number of hydrogen-bond acceptors (Lipinski definition) is 5. The van der Waals surface area contributed by atoms with Crippen LogP contribution in [-0.2, 0) is 20.7 Å². The highest BCUT2D eigenvalue weighted by Gasteiger charge is 2.45. The first-order valence-electron chi connectivity index (χ1n) is 9.64. The average molecular weight is 388 g/mol. The summed E-state index contributed by atoms with van der Waals surface area (Å²) < 4.78 is 4.66. The first kappa shape index (κ1) is 20.1. The molecule has 3 rings (SSSR count). The van der Waals surface area contributed by atoms with E-state index < -0.39 is 11.9 Å². The number of anilines is 1. The van der Waals surface area contributed by atoms with Gasteiger partial charge in [0.2, 0.25) is 5.91 Å². The monoisotopic (exact) mass is 388 g/mol. The molecule has 0 aromatic heterocycles. The third-order valence-corrected chi connectivity index (χ3v) is 5.65. The Bertz CT molecular complexity index is 728. The second-order valence-corrected chi connectivity index (χ2v) is 7.50. The molecule has 1 aromatic rings. The Kier molecular flexibility index (Phi) is 6.18. The number of esters is 1. The molecule has 1 unspecified atom stereocenters. The maximum atomic E-state index is 13.1. The van der Waals surface area contributed by atoms with Gasteiger partial charge in [0.15, 0.2) is 0 Å². The number of methoxy groups -OCH3 is 1. The number of ether oxygens (including phenoxy) is 1. The number of amides is 3. The quantitative estimate of drug-likeness (QED) is 0.733. The Morgan fingerprint density at radius 2 is 1.82 bits per heavy atom. The van der Waals surface area contributed by atoms with Gasteiger partial charge in [0, 0.05) is 18.2 Å².